The first-order valence-corrected chi connectivity index (χ1v) is 11.9. The molecule has 2 aliphatic rings. The summed E-state index contributed by atoms with van der Waals surface area (Å²) in [5, 5.41) is 9.13. The Morgan fingerprint density at radius 2 is 1.93 bits per heavy atom. The molecule has 0 aliphatic carbocycles. The number of sulfonamides is 1. The zero-order chi connectivity index (χ0) is 21.8. The normalized spacial score (nSPS) is 21.8. The molecule has 1 aromatic heterocycles. The van der Waals surface area contributed by atoms with Crippen molar-refractivity contribution < 1.29 is 27.5 Å². The van der Waals surface area contributed by atoms with Gasteiger partial charge in [-0.15, -0.1) is 0 Å². The predicted octanol–water partition coefficient (Wildman–Crippen LogP) is 2.07. The number of nitrogens with zero attached hydrogens (tertiary/aromatic N) is 2. The summed E-state index contributed by atoms with van der Waals surface area (Å²) >= 11 is 0. The highest BCUT2D eigenvalue weighted by Crippen LogP contribution is 2.40. The van der Waals surface area contributed by atoms with Crippen molar-refractivity contribution in [3.8, 4) is 0 Å². The van der Waals surface area contributed by atoms with Crippen molar-refractivity contribution in [3.63, 3.8) is 0 Å². The van der Waals surface area contributed by atoms with Gasteiger partial charge in [0.25, 0.3) is 5.91 Å². The van der Waals surface area contributed by atoms with E-state index >= 15 is 4.39 Å². The average Bonchev–Trinajstić information content (AvgIpc) is 2.78. The molecule has 2 aliphatic heterocycles. The molecule has 2 N–H and O–H groups in total. The van der Waals surface area contributed by atoms with E-state index in [-0.39, 0.29) is 52.0 Å². The van der Waals surface area contributed by atoms with Crippen LogP contribution in [0.4, 0.5) is 4.39 Å². The number of aromatic nitrogens is 1. The summed E-state index contributed by atoms with van der Waals surface area (Å²) in [6.45, 7) is 2.19. The second-order valence-electron chi connectivity index (χ2n) is 8.07. The molecular weight excluding hydrogens is 413 g/mol. The number of pyridine rings is 1. The lowest BCUT2D eigenvalue weighted by molar-refractivity contribution is -0.134. The lowest BCUT2D eigenvalue weighted by Gasteiger charge is -2.41. The molecule has 0 atom stereocenters. The van der Waals surface area contributed by atoms with Crippen molar-refractivity contribution in [2.45, 2.75) is 62.3 Å². The lowest BCUT2D eigenvalue weighted by atomic mass is 9.90. The van der Waals surface area contributed by atoms with Crippen LogP contribution in [-0.2, 0) is 31.6 Å². The molecule has 0 aromatic carbocycles. The molecule has 3 rings (SSSR count). The number of piperidine rings is 1. The quantitative estimate of drug-likeness (QED) is 0.493. The molecule has 0 saturated carbocycles. The van der Waals surface area contributed by atoms with Crippen LogP contribution in [-0.4, -0.2) is 59.9 Å². The highest BCUT2D eigenvalue weighted by molar-refractivity contribution is 7.91. The molecule has 8 nitrogen and oxygen atoms in total. The maximum Gasteiger partial charge on any atom is 0.266 e. The standard InChI is InChI=1S/C20H30FN3O5S/c1-2-3-4-16-5-6-17(22-15-16)19(21)7-11-24(12-8-19)30(27,28)20(18(25)23-26)9-13-29-14-10-20/h5-6,15,26H,2-4,7-14H2,1H3,(H,23,25). The van der Waals surface area contributed by atoms with Crippen LogP contribution in [0, 0.1) is 0 Å². The Hall–Kier alpha value is -1.62. The van der Waals surface area contributed by atoms with Crippen molar-refractivity contribution in [2.24, 2.45) is 0 Å². The lowest BCUT2D eigenvalue weighted by Crippen LogP contribution is -2.60. The Morgan fingerprint density at radius 3 is 2.47 bits per heavy atom. The van der Waals surface area contributed by atoms with E-state index in [2.05, 4.69) is 11.9 Å². The van der Waals surface area contributed by atoms with E-state index in [1.54, 1.807) is 12.3 Å². The van der Waals surface area contributed by atoms with E-state index in [4.69, 9.17) is 9.94 Å². The van der Waals surface area contributed by atoms with Crippen LogP contribution in [0.2, 0.25) is 0 Å². The molecule has 2 fully saturated rings. The second kappa shape index (κ2) is 9.25. The maximum absolute atomic E-state index is 15.6. The van der Waals surface area contributed by atoms with Gasteiger partial charge >= 0.3 is 0 Å². The maximum atomic E-state index is 15.6. The van der Waals surface area contributed by atoms with Crippen LogP contribution in [0.5, 0.6) is 0 Å². The van der Waals surface area contributed by atoms with Gasteiger partial charge in [0.15, 0.2) is 10.4 Å². The summed E-state index contributed by atoms with van der Waals surface area (Å²) < 4.78 is 46.8. The average molecular weight is 444 g/mol. The largest absolute Gasteiger partial charge is 0.381 e. The fourth-order valence-electron chi connectivity index (χ4n) is 4.21. The number of amides is 1. The summed E-state index contributed by atoms with van der Waals surface area (Å²) in [5.41, 5.74) is 1.16. The number of hydrogen-bond donors (Lipinski definition) is 2. The van der Waals surface area contributed by atoms with Gasteiger partial charge < -0.3 is 4.74 Å². The molecule has 2 saturated heterocycles. The minimum atomic E-state index is -4.11. The van der Waals surface area contributed by atoms with E-state index < -0.39 is 26.3 Å². The summed E-state index contributed by atoms with van der Waals surface area (Å²) in [5.74, 6) is -0.966. The van der Waals surface area contributed by atoms with Gasteiger partial charge in [0.05, 0.1) is 5.69 Å². The molecule has 30 heavy (non-hydrogen) atoms. The Kier molecular flexibility index (Phi) is 7.11. The van der Waals surface area contributed by atoms with Crippen LogP contribution in [0.3, 0.4) is 0 Å². The summed E-state index contributed by atoms with van der Waals surface area (Å²) in [6.07, 6.45) is 4.51. The van der Waals surface area contributed by atoms with Crippen molar-refractivity contribution in [3.05, 3.63) is 29.6 Å². The third-order valence-electron chi connectivity index (χ3n) is 6.27. The number of aryl methyl sites for hydroxylation is 1. The van der Waals surface area contributed by atoms with Crippen LogP contribution in [0.1, 0.15) is 56.7 Å². The van der Waals surface area contributed by atoms with Crippen LogP contribution < -0.4 is 5.48 Å². The molecule has 168 valence electrons. The number of hydroxylamine groups is 1. The van der Waals surface area contributed by atoms with Gasteiger partial charge in [-0.05, 0) is 24.5 Å². The molecular formula is C20H30FN3O5S. The number of rotatable bonds is 7. The van der Waals surface area contributed by atoms with Crippen LogP contribution in [0.25, 0.3) is 0 Å². The fourth-order valence-corrected chi connectivity index (χ4v) is 6.33. The highest BCUT2D eigenvalue weighted by atomic mass is 32.2. The number of alkyl halides is 1. The number of carbonyl (C=O) groups excluding carboxylic acids is 1. The predicted molar refractivity (Wildman–Crippen MR) is 108 cm³/mol. The fraction of sp³-hybridized carbons (Fsp3) is 0.700. The monoisotopic (exact) mass is 443 g/mol. The number of carbonyl (C=O) groups is 1. The van der Waals surface area contributed by atoms with Gasteiger partial charge in [-0.1, -0.05) is 19.4 Å². The van der Waals surface area contributed by atoms with Crippen LogP contribution >= 0.6 is 0 Å². The van der Waals surface area contributed by atoms with E-state index in [9.17, 15) is 13.2 Å². The van der Waals surface area contributed by atoms with Gasteiger partial charge in [0.2, 0.25) is 10.0 Å². The smallest absolute Gasteiger partial charge is 0.266 e. The Morgan fingerprint density at radius 1 is 1.27 bits per heavy atom. The van der Waals surface area contributed by atoms with E-state index in [1.807, 2.05) is 6.07 Å². The molecule has 10 heteroatoms. The molecule has 0 spiro atoms. The summed E-state index contributed by atoms with van der Waals surface area (Å²) in [4.78, 5) is 16.6. The second-order valence-corrected chi connectivity index (χ2v) is 10.3. The Balaban J connectivity index is 1.74. The van der Waals surface area contributed by atoms with Gasteiger partial charge in [-0.3, -0.25) is 15.0 Å². The van der Waals surface area contributed by atoms with Crippen LogP contribution in [0.15, 0.2) is 18.3 Å². The Bertz CT molecular complexity index is 833. The number of hydrogen-bond acceptors (Lipinski definition) is 6. The molecule has 1 amide bonds. The number of nitrogens with one attached hydrogen (secondary N) is 1. The highest BCUT2D eigenvalue weighted by Gasteiger charge is 2.55. The number of ether oxygens (including phenoxy) is 1. The number of unbranched alkanes of at least 4 members (excludes halogenated alkanes) is 1. The first-order valence-electron chi connectivity index (χ1n) is 10.5. The summed E-state index contributed by atoms with van der Waals surface area (Å²) in [6, 6.07) is 3.57. The molecule has 0 radical (unpaired) electrons. The van der Waals surface area contributed by atoms with Crippen molar-refractivity contribution in [2.75, 3.05) is 26.3 Å². The third kappa shape index (κ3) is 4.23. The minimum Gasteiger partial charge on any atom is -0.381 e. The Labute approximate surface area is 176 Å². The van der Waals surface area contributed by atoms with Crippen molar-refractivity contribution >= 4 is 15.9 Å². The first kappa shape index (κ1) is 23.1. The van der Waals surface area contributed by atoms with E-state index in [0.29, 0.717) is 5.69 Å². The first-order chi connectivity index (χ1) is 14.3. The van der Waals surface area contributed by atoms with Gasteiger partial charge in [-0.25, -0.2) is 22.6 Å². The SMILES string of the molecule is CCCCc1ccc(C2(F)CCN(S(=O)(=O)C3(C(=O)NO)CCOCC3)CC2)nc1. The van der Waals surface area contributed by atoms with Gasteiger partial charge in [-0.2, -0.15) is 0 Å². The zero-order valence-corrected chi connectivity index (χ0v) is 18.1. The van der Waals surface area contributed by atoms with Crippen molar-refractivity contribution in [1.82, 2.24) is 14.8 Å². The molecule has 0 unspecified atom stereocenters. The van der Waals surface area contributed by atoms with E-state index in [1.165, 1.54) is 9.79 Å². The molecule has 3 heterocycles. The molecule has 0 bridgehead atoms. The van der Waals surface area contributed by atoms with E-state index in [0.717, 1.165) is 24.8 Å². The zero-order valence-electron chi connectivity index (χ0n) is 17.3. The number of halogens is 1. The summed E-state index contributed by atoms with van der Waals surface area (Å²) in [7, 11) is -4.11. The van der Waals surface area contributed by atoms with Gasteiger partial charge in [0, 0.05) is 58.2 Å². The topological polar surface area (TPSA) is 109 Å². The third-order valence-corrected chi connectivity index (χ3v) is 8.89. The van der Waals surface area contributed by atoms with Crippen molar-refractivity contribution in [1.29, 1.82) is 0 Å². The minimum absolute atomic E-state index is 0.0408. The van der Waals surface area contributed by atoms with Gasteiger partial charge in [0.1, 0.15) is 0 Å². The molecule has 1 aromatic rings.